The van der Waals surface area contributed by atoms with Crippen LogP contribution in [-0.2, 0) is 0 Å². The van der Waals surface area contributed by atoms with Crippen LogP contribution in [-0.4, -0.2) is 17.6 Å². The second-order valence-electron chi connectivity index (χ2n) is 5.45. The van der Waals surface area contributed by atoms with E-state index in [9.17, 15) is 0 Å². The topological polar surface area (TPSA) is 50.9 Å². The van der Waals surface area contributed by atoms with Gasteiger partial charge in [-0.3, -0.25) is 0 Å². The Labute approximate surface area is 115 Å². The van der Waals surface area contributed by atoms with E-state index in [1.807, 2.05) is 6.20 Å². The lowest BCUT2D eigenvalue weighted by Crippen LogP contribution is -2.24. The molecule has 0 saturated carbocycles. The van der Waals surface area contributed by atoms with Crippen LogP contribution in [0.15, 0.2) is 6.20 Å². The smallest absolute Gasteiger partial charge is 0.109 e. The van der Waals surface area contributed by atoms with Gasteiger partial charge in [0.25, 0.3) is 0 Å². The molecule has 0 saturated heterocycles. The number of hydrogen-bond donors (Lipinski definition) is 2. The molecule has 4 heteroatoms. The molecular formula is C14H27N3S. The first-order chi connectivity index (χ1) is 8.49. The molecule has 3 nitrogen and oxygen atoms in total. The minimum absolute atomic E-state index is 0.336. The van der Waals surface area contributed by atoms with Gasteiger partial charge in [-0.2, -0.15) is 0 Å². The van der Waals surface area contributed by atoms with E-state index in [4.69, 9.17) is 5.73 Å². The van der Waals surface area contributed by atoms with E-state index in [1.54, 1.807) is 11.3 Å². The quantitative estimate of drug-likeness (QED) is 0.761. The van der Waals surface area contributed by atoms with Gasteiger partial charge in [0, 0.05) is 17.1 Å². The van der Waals surface area contributed by atoms with Crippen molar-refractivity contribution < 1.29 is 0 Å². The lowest BCUT2D eigenvalue weighted by molar-refractivity contribution is 0.425. The van der Waals surface area contributed by atoms with Gasteiger partial charge in [0.1, 0.15) is 5.01 Å². The van der Waals surface area contributed by atoms with E-state index in [1.165, 1.54) is 22.7 Å². The summed E-state index contributed by atoms with van der Waals surface area (Å²) in [5, 5.41) is 4.76. The van der Waals surface area contributed by atoms with E-state index in [0.717, 1.165) is 13.0 Å². The molecule has 3 atom stereocenters. The first-order valence-corrected chi connectivity index (χ1v) is 7.72. The van der Waals surface area contributed by atoms with Gasteiger partial charge in [-0.25, -0.2) is 4.98 Å². The molecule has 3 unspecified atom stereocenters. The van der Waals surface area contributed by atoms with Crippen molar-refractivity contribution in [3.05, 3.63) is 16.1 Å². The SMILES string of the molecule is Cc1cnc(C(C)NCC(C)CCCC(C)N)s1. The van der Waals surface area contributed by atoms with Gasteiger partial charge in [-0.15, -0.1) is 11.3 Å². The summed E-state index contributed by atoms with van der Waals surface area (Å²) in [5.74, 6) is 0.701. The van der Waals surface area contributed by atoms with Crippen LogP contribution < -0.4 is 11.1 Å². The molecule has 0 bridgehead atoms. The molecule has 18 heavy (non-hydrogen) atoms. The predicted molar refractivity (Wildman–Crippen MR) is 79.9 cm³/mol. The Hall–Kier alpha value is -0.450. The van der Waals surface area contributed by atoms with Crippen molar-refractivity contribution in [2.75, 3.05) is 6.54 Å². The van der Waals surface area contributed by atoms with Gasteiger partial charge in [0.15, 0.2) is 0 Å². The summed E-state index contributed by atoms with van der Waals surface area (Å²) < 4.78 is 0. The Balaban J connectivity index is 2.19. The molecule has 0 aromatic carbocycles. The summed E-state index contributed by atoms with van der Waals surface area (Å²) in [7, 11) is 0. The maximum atomic E-state index is 5.76. The second kappa shape index (κ2) is 7.87. The number of nitrogens with two attached hydrogens (primary N) is 1. The number of aryl methyl sites for hydroxylation is 1. The zero-order chi connectivity index (χ0) is 13.5. The van der Waals surface area contributed by atoms with Crippen LogP contribution in [0.4, 0.5) is 0 Å². The minimum Gasteiger partial charge on any atom is -0.328 e. The molecule has 1 aromatic heterocycles. The van der Waals surface area contributed by atoms with Gasteiger partial charge >= 0.3 is 0 Å². The zero-order valence-electron chi connectivity index (χ0n) is 12.1. The van der Waals surface area contributed by atoms with Gasteiger partial charge in [-0.05, 0) is 46.1 Å². The van der Waals surface area contributed by atoms with E-state index in [2.05, 4.69) is 38.0 Å². The molecule has 104 valence electrons. The molecule has 0 amide bonds. The molecule has 1 rings (SSSR count). The number of thiazole rings is 1. The molecule has 1 heterocycles. The number of aromatic nitrogens is 1. The van der Waals surface area contributed by atoms with Crippen LogP contribution in [0.2, 0.25) is 0 Å². The molecule has 0 spiro atoms. The first-order valence-electron chi connectivity index (χ1n) is 6.90. The van der Waals surface area contributed by atoms with Crippen LogP contribution in [0.25, 0.3) is 0 Å². The lowest BCUT2D eigenvalue weighted by Gasteiger charge is -2.16. The van der Waals surface area contributed by atoms with Crippen LogP contribution in [0, 0.1) is 12.8 Å². The highest BCUT2D eigenvalue weighted by atomic mass is 32.1. The molecule has 0 fully saturated rings. The first kappa shape index (κ1) is 15.6. The Morgan fingerprint density at radius 1 is 1.33 bits per heavy atom. The Morgan fingerprint density at radius 2 is 2.06 bits per heavy atom. The fraction of sp³-hybridized carbons (Fsp3) is 0.786. The van der Waals surface area contributed by atoms with Crippen LogP contribution >= 0.6 is 11.3 Å². The van der Waals surface area contributed by atoms with Crippen molar-refractivity contribution >= 4 is 11.3 Å². The van der Waals surface area contributed by atoms with Crippen molar-refractivity contribution in [1.29, 1.82) is 0 Å². The summed E-state index contributed by atoms with van der Waals surface area (Å²) >= 11 is 1.78. The average Bonchev–Trinajstić information content (AvgIpc) is 2.72. The lowest BCUT2D eigenvalue weighted by atomic mass is 10.0. The highest BCUT2D eigenvalue weighted by Gasteiger charge is 2.10. The van der Waals surface area contributed by atoms with E-state index >= 15 is 0 Å². The van der Waals surface area contributed by atoms with Gasteiger partial charge in [0.2, 0.25) is 0 Å². The number of rotatable bonds is 8. The highest BCUT2D eigenvalue weighted by molar-refractivity contribution is 7.11. The Bertz CT molecular complexity index is 336. The Morgan fingerprint density at radius 3 is 2.61 bits per heavy atom. The van der Waals surface area contributed by atoms with Crippen molar-refractivity contribution in [1.82, 2.24) is 10.3 Å². The van der Waals surface area contributed by atoms with Gasteiger partial charge in [0.05, 0.1) is 6.04 Å². The number of nitrogens with one attached hydrogen (secondary N) is 1. The van der Waals surface area contributed by atoms with Crippen molar-refractivity contribution in [3.63, 3.8) is 0 Å². The van der Waals surface area contributed by atoms with E-state index < -0.39 is 0 Å². The highest BCUT2D eigenvalue weighted by Crippen LogP contribution is 2.19. The molecule has 0 radical (unpaired) electrons. The normalized spacial score (nSPS) is 16.5. The second-order valence-corrected chi connectivity index (χ2v) is 6.72. The standard InChI is InChI=1S/C14H27N3S/c1-10(6-5-7-11(2)15)8-16-13(4)14-17-9-12(3)18-14/h9-11,13,16H,5-8,15H2,1-4H3. The van der Waals surface area contributed by atoms with Gasteiger partial charge < -0.3 is 11.1 Å². The predicted octanol–water partition coefficient (Wildman–Crippen LogP) is 3.26. The summed E-state index contributed by atoms with van der Waals surface area (Å²) in [6.45, 7) is 9.72. The average molecular weight is 269 g/mol. The fourth-order valence-electron chi connectivity index (χ4n) is 1.93. The molecule has 3 N–H and O–H groups in total. The minimum atomic E-state index is 0.336. The van der Waals surface area contributed by atoms with E-state index in [0.29, 0.717) is 18.0 Å². The summed E-state index contributed by atoms with van der Waals surface area (Å²) in [4.78, 5) is 5.70. The third-order valence-corrected chi connectivity index (χ3v) is 4.23. The van der Waals surface area contributed by atoms with E-state index in [-0.39, 0.29) is 0 Å². The third kappa shape index (κ3) is 5.94. The molecular weight excluding hydrogens is 242 g/mol. The number of nitrogens with zero attached hydrogens (tertiary/aromatic N) is 1. The molecule has 0 aliphatic rings. The van der Waals surface area contributed by atoms with Gasteiger partial charge in [-0.1, -0.05) is 13.3 Å². The van der Waals surface area contributed by atoms with Crippen LogP contribution in [0.3, 0.4) is 0 Å². The maximum Gasteiger partial charge on any atom is 0.109 e. The monoisotopic (exact) mass is 269 g/mol. The summed E-state index contributed by atoms with van der Waals surface area (Å²) in [6, 6.07) is 0.696. The number of hydrogen-bond acceptors (Lipinski definition) is 4. The molecule has 0 aliphatic carbocycles. The molecule has 0 aliphatic heterocycles. The molecule has 1 aromatic rings. The van der Waals surface area contributed by atoms with Crippen molar-refractivity contribution in [2.45, 2.75) is 59.0 Å². The van der Waals surface area contributed by atoms with Crippen molar-refractivity contribution in [3.8, 4) is 0 Å². The van der Waals surface area contributed by atoms with Crippen molar-refractivity contribution in [2.24, 2.45) is 11.7 Å². The largest absolute Gasteiger partial charge is 0.328 e. The van der Waals surface area contributed by atoms with Crippen LogP contribution in [0.1, 0.15) is 56.0 Å². The Kier molecular flexibility index (Phi) is 6.82. The van der Waals surface area contributed by atoms with Crippen LogP contribution in [0.5, 0.6) is 0 Å². The fourth-order valence-corrected chi connectivity index (χ4v) is 2.73. The third-order valence-electron chi connectivity index (χ3n) is 3.14. The maximum absolute atomic E-state index is 5.76. The zero-order valence-corrected chi connectivity index (χ0v) is 12.9. The summed E-state index contributed by atoms with van der Waals surface area (Å²) in [5.41, 5.74) is 5.76. The summed E-state index contributed by atoms with van der Waals surface area (Å²) in [6.07, 6.45) is 5.55.